The number of nitrogens with one attached hydrogen (secondary N) is 2. The van der Waals surface area contributed by atoms with Gasteiger partial charge in [0.15, 0.2) is 0 Å². The normalized spacial score (nSPS) is 17.9. The van der Waals surface area contributed by atoms with Crippen molar-refractivity contribution in [3.63, 3.8) is 0 Å². The van der Waals surface area contributed by atoms with E-state index in [9.17, 15) is 16.8 Å². The van der Waals surface area contributed by atoms with E-state index < -0.39 is 42.4 Å². The van der Waals surface area contributed by atoms with Gasteiger partial charge in [-0.3, -0.25) is 38.5 Å². The summed E-state index contributed by atoms with van der Waals surface area (Å²) in [7, 11) is -1.65. The van der Waals surface area contributed by atoms with Crippen LogP contribution in [-0.2, 0) is 29.5 Å². The fourth-order valence-corrected chi connectivity index (χ4v) is 10.9. The molecule has 388 valence electrons. The average molecular weight is 1030 g/mol. The average Bonchev–Trinajstić information content (AvgIpc) is 4.01. The second-order valence-electron chi connectivity index (χ2n) is 17.7. The molecule has 8 rings (SSSR count). The Balaban J connectivity index is 0.000000211. The summed E-state index contributed by atoms with van der Waals surface area (Å²) in [4.78, 5) is 17.2. The lowest BCUT2D eigenvalue weighted by molar-refractivity contribution is 0.0775. The maximum atomic E-state index is 13.5. The van der Waals surface area contributed by atoms with Crippen molar-refractivity contribution in [2.45, 2.75) is 101 Å². The highest BCUT2D eigenvalue weighted by molar-refractivity contribution is 7.93. The summed E-state index contributed by atoms with van der Waals surface area (Å²) < 4.78 is 96.6. The quantitative estimate of drug-likeness (QED) is 0.0940. The number of methoxy groups -OCH3 is 4. The van der Waals surface area contributed by atoms with E-state index in [4.69, 9.17) is 28.4 Å². The molecule has 2 N–H and O–H groups in total. The third kappa shape index (κ3) is 11.7. The number of rotatable bonds is 18. The number of hydrogen-bond donors (Lipinski definition) is 2. The van der Waals surface area contributed by atoms with Crippen molar-refractivity contribution in [3.05, 3.63) is 95.6 Å². The lowest BCUT2D eigenvalue weighted by atomic mass is 10.0. The second-order valence-corrected chi connectivity index (χ2v) is 21.8. The van der Waals surface area contributed by atoms with Crippen molar-refractivity contribution in [2.24, 2.45) is 0 Å². The highest BCUT2D eigenvalue weighted by atomic mass is 32.2. The molecule has 0 unspecified atom stereocenters. The molecular formula is C48H64N12O10S2. The van der Waals surface area contributed by atoms with Crippen molar-refractivity contribution in [1.29, 1.82) is 0 Å². The Morgan fingerprint density at radius 2 is 0.917 bits per heavy atom. The van der Waals surface area contributed by atoms with Gasteiger partial charge in [0.25, 0.3) is 0 Å². The zero-order valence-corrected chi connectivity index (χ0v) is 43.9. The van der Waals surface area contributed by atoms with Gasteiger partial charge < -0.3 is 28.4 Å². The van der Waals surface area contributed by atoms with Crippen LogP contribution < -0.4 is 28.4 Å². The molecule has 6 aromatic rings. The number of sulfonamides is 2. The topological polar surface area (TPSA) is 261 Å². The van der Waals surface area contributed by atoms with Crippen LogP contribution in [0.1, 0.15) is 111 Å². The molecule has 6 atom stereocenters. The predicted octanol–water partition coefficient (Wildman–Crippen LogP) is 6.42. The van der Waals surface area contributed by atoms with Crippen LogP contribution in [0, 0.1) is 13.8 Å². The van der Waals surface area contributed by atoms with E-state index in [1.54, 1.807) is 113 Å². The molecule has 2 fully saturated rings. The molecule has 2 aliphatic rings. The van der Waals surface area contributed by atoms with E-state index >= 15 is 0 Å². The molecule has 2 aromatic carbocycles. The van der Waals surface area contributed by atoms with Crippen molar-refractivity contribution >= 4 is 31.9 Å². The molecule has 0 bridgehead atoms. The van der Waals surface area contributed by atoms with E-state index in [2.05, 4.69) is 49.8 Å². The fraction of sp³-hybridized carbons (Fsp3) is 0.500. The number of aromatic nitrogens is 10. The molecule has 22 nitrogen and oxygen atoms in total. The van der Waals surface area contributed by atoms with Crippen LogP contribution in [0.15, 0.2) is 61.2 Å². The SMILES string of the molecule is COc1cccc(OC)c1-n1c(NS(=O)(=O)[C@@H](C)[C@H](C)c2cnc(C)cn2)nnc1[C@@H]1CCCOC1.COc1cccc(OC)c1-n1c(NS(=O)(=O)[C@@H](C)[C@H](C)c2cnc(C)cn2)nnc1[C@H]1CCCOC1. The van der Waals surface area contributed by atoms with Crippen LogP contribution in [0.4, 0.5) is 11.9 Å². The van der Waals surface area contributed by atoms with Gasteiger partial charge in [-0.15, -0.1) is 20.4 Å². The van der Waals surface area contributed by atoms with Gasteiger partial charge in [0.1, 0.15) is 46.0 Å². The fourth-order valence-electron chi connectivity index (χ4n) is 8.42. The van der Waals surface area contributed by atoms with Crippen LogP contribution >= 0.6 is 0 Å². The summed E-state index contributed by atoms with van der Waals surface area (Å²) in [6.07, 6.45) is 9.87. The molecule has 2 aliphatic heterocycles. The first-order valence-corrected chi connectivity index (χ1v) is 26.7. The van der Waals surface area contributed by atoms with Gasteiger partial charge in [-0.2, -0.15) is 0 Å². The minimum absolute atomic E-state index is 0.0485. The first-order chi connectivity index (χ1) is 34.5. The molecule has 72 heavy (non-hydrogen) atoms. The zero-order chi connectivity index (χ0) is 51.7. The minimum Gasteiger partial charge on any atom is -0.494 e. The molecule has 2 saturated heterocycles. The van der Waals surface area contributed by atoms with Crippen LogP contribution in [-0.4, -0.2) is 132 Å². The summed E-state index contributed by atoms with van der Waals surface area (Å²) in [6.45, 7) is 12.8. The first-order valence-electron chi connectivity index (χ1n) is 23.6. The summed E-state index contributed by atoms with van der Waals surface area (Å²) >= 11 is 0. The number of anilines is 2. The van der Waals surface area contributed by atoms with E-state index in [-0.39, 0.29) is 23.7 Å². The highest BCUT2D eigenvalue weighted by Crippen LogP contribution is 2.40. The first kappa shape index (κ1) is 53.3. The van der Waals surface area contributed by atoms with Crippen molar-refractivity contribution in [3.8, 4) is 34.4 Å². The smallest absolute Gasteiger partial charge is 0.243 e. The Morgan fingerprint density at radius 3 is 1.21 bits per heavy atom. The van der Waals surface area contributed by atoms with Crippen molar-refractivity contribution in [2.75, 3.05) is 64.3 Å². The molecule has 0 saturated carbocycles. The van der Waals surface area contributed by atoms with E-state index in [1.165, 1.54) is 0 Å². The van der Waals surface area contributed by atoms with Crippen LogP contribution in [0.2, 0.25) is 0 Å². The van der Waals surface area contributed by atoms with Gasteiger partial charge in [-0.1, -0.05) is 26.0 Å². The Kier molecular flexibility index (Phi) is 17.3. The standard InChI is InChI=1S/2C24H32N6O5S/c2*1-15-12-26-19(13-25-15)16(2)17(3)36(31,32)29-24-28-27-23(18-8-7-11-35-14-18)30(24)22-20(33-4)9-6-10-21(22)34-5/h2*6,9-10,12-13,16-18H,7-8,11,14H2,1-5H3,(H,28,29)/t16-,17-,18+;16-,17-,18-/m00/s1. The Bertz CT molecular complexity index is 2730. The van der Waals surface area contributed by atoms with E-state index in [1.807, 2.05) is 27.7 Å². The summed E-state index contributed by atoms with van der Waals surface area (Å²) in [6, 6.07) is 10.7. The van der Waals surface area contributed by atoms with E-state index in [0.717, 1.165) is 37.1 Å². The molecule has 0 radical (unpaired) electrons. The number of ether oxygens (including phenoxy) is 6. The molecule has 0 amide bonds. The summed E-state index contributed by atoms with van der Waals surface area (Å²) in [5, 5.41) is 15.6. The van der Waals surface area contributed by atoms with Crippen LogP contribution in [0.25, 0.3) is 11.4 Å². The van der Waals surface area contributed by atoms with Gasteiger partial charge >= 0.3 is 0 Å². The van der Waals surface area contributed by atoms with Gasteiger partial charge in [0.05, 0.1) is 74.9 Å². The molecule has 0 aliphatic carbocycles. The predicted molar refractivity (Wildman–Crippen MR) is 269 cm³/mol. The highest BCUT2D eigenvalue weighted by Gasteiger charge is 2.36. The monoisotopic (exact) mass is 1030 g/mol. The maximum absolute atomic E-state index is 13.5. The third-order valence-corrected chi connectivity index (χ3v) is 16.8. The lowest BCUT2D eigenvalue weighted by Gasteiger charge is -2.24. The van der Waals surface area contributed by atoms with Gasteiger partial charge in [0, 0.05) is 61.7 Å². The largest absolute Gasteiger partial charge is 0.494 e. The number of para-hydroxylation sites is 2. The molecular weight excluding hydrogens is 969 g/mol. The van der Waals surface area contributed by atoms with Gasteiger partial charge in [-0.05, 0) is 77.6 Å². The number of hydrogen-bond acceptors (Lipinski definition) is 18. The van der Waals surface area contributed by atoms with E-state index in [0.29, 0.717) is 83.8 Å². The summed E-state index contributed by atoms with van der Waals surface area (Å²) in [5.74, 6) is 2.22. The van der Waals surface area contributed by atoms with Gasteiger partial charge in [0.2, 0.25) is 31.9 Å². The third-order valence-electron chi connectivity index (χ3n) is 13.1. The van der Waals surface area contributed by atoms with Gasteiger partial charge in [-0.25, -0.2) is 16.8 Å². The number of nitrogens with zero attached hydrogens (tertiary/aromatic N) is 10. The molecule has 6 heterocycles. The maximum Gasteiger partial charge on any atom is 0.243 e. The van der Waals surface area contributed by atoms with Crippen LogP contribution in [0.3, 0.4) is 0 Å². The molecule has 4 aromatic heterocycles. The number of benzene rings is 2. The molecule has 0 spiro atoms. The van der Waals surface area contributed by atoms with Crippen LogP contribution in [0.5, 0.6) is 23.0 Å². The lowest BCUT2D eigenvalue weighted by Crippen LogP contribution is -2.31. The zero-order valence-electron chi connectivity index (χ0n) is 42.3. The minimum atomic E-state index is -3.91. The number of aryl methyl sites for hydroxylation is 2. The molecule has 24 heteroatoms. The Morgan fingerprint density at radius 1 is 0.556 bits per heavy atom. The Labute approximate surface area is 420 Å². The summed E-state index contributed by atoms with van der Waals surface area (Å²) in [5.41, 5.74) is 3.72. The Hall–Kier alpha value is -6.50. The van der Waals surface area contributed by atoms with Crippen molar-refractivity contribution < 1.29 is 45.3 Å². The van der Waals surface area contributed by atoms with Crippen molar-refractivity contribution in [1.82, 2.24) is 49.5 Å². The second kappa shape index (κ2) is 23.4.